The molecule has 45 heavy (non-hydrogen) atoms. The van der Waals surface area contributed by atoms with Crippen LogP contribution in [0.3, 0.4) is 0 Å². The third kappa shape index (κ3) is 6.31. The van der Waals surface area contributed by atoms with Crippen LogP contribution in [0.1, 0.15) is 75.9 Å². The number of thiol groups is 2. The summed E-state index contributed by atoms with van der Waals surface area (Å²) < 4.78 is 0. The summed E-state index contributed by atoms with van der Waals surface area (Å²) in [5, 5.41) is 24.1. The molecule has 0 unspecified atom stereocenters. The number of carboxylic acids is 2. The van der Waals surface area contributed by atoms with Gasteiger partial charge < -0.3 is 30.1 Å². The van der Waals surface area contributed by atoms with Crippen LogP contribution in [0.15, 0.2) is 0 Å². The topological polar surface area (TPSA) is 131 Å². The number of hydrogen-bond acceptors (Lipinski definition) is 3. The number of fused-ring (bicyclic) bond motifs is 8. The Morgan fingerprint density at radius 3 is 1.87 bits per heavy atom. The quantitative estimate of drug-likeness (QED) is 0.0939. The molecule has 4 aromatic heterocycles. The Bertz CT molecular complexity index is 2260. The van der Waals surface area contributed by atoms with Crippen molar-refractivity contribution in [3.05, 3.63) is 88.0 Å². The zero-order chi connectivity index (χ0) is 31.4. The molecule has 4 aromatic rings. The van der Waals surface area contributed by atoms with Crippen molar-refractivity contribution in [2.24, 2.45) is 0 Å². The molecule has 2 aliphatic heterocycles. The summed E-state index contributed by atoms with van der Waals surface area (Å²) in [5.41, 5.74) is 8.50. The summed E-state index contributed by atoms with van der Waals surface area (Å²) in [6.45, 7) is 10.00. The average molecular weight is 682 g/mol. The van der Waals surface area contributed by atoms with Crippen LogP contribution < -0.4 is 51.8 Å². The van der Waals surface area contributed by atoms with Gasteiger partial charge in [0.1, 0.15) is 0 Å². The number of aliphatic carboxylic acids is 2. The van der Waals surface area contributed by atoms with Gasteiger partial charge in [-0.2, -0.15) is 0 Å². The first-order chi connectivity index (χ1) is 20.9. The van der Waals surface area contributed by atoms with E-state index in [0.717, 1.165) is 81.9 Å². The fourth-order valence-corrected chi connectivity index (χ4v) is 7.04. The van der Waals surface area contributed by atoms with E-state index >= 15 is 0 Å². The molecule has 8 nitrogen and oxygen atoms in total. The maximum atomic E-state index is 11.6. The Labute approximate surface area is 280 Å². The molecule has 1 saturated heterocycles. The maximum Gasteiger partial charge on any atom is 4.00 e. The van der Waals surface area contributed by atoms with Gasteiger partial charge in [-0.1, -0.05) is 57.7 Å². The van der Waals surface area contributed by atoms with Gasteiger partial charge in [0.05, 0.1) is 0 Å². The smallest absolute Gasteiger partial charge is 0.657 e. The molecule has 1 fully saturated rings. The van der Waals surface area contributed by atoms with Crippen molar-refractivity contribution in [2.75, 3.05) is 5.75 Å². The van der Waals surface area contributed by atoms with E-state index in [1.54, 1.807) is 0 Å². The van der Waals surface area contributed by atoms with Crippen LogP contribution in [-0.2, 0) is 51.3 Å². The second-order valence-corrected chi connectivity index (χ2v) is 13.3. The Kier molecular flexibility index (Phi) is 9.29. The Hall–Kier alpha value is -3.50. The van der Waals surface area contributed by atoms with Gasteiger partial charge in [0.25, 0.3) is 0 Å². The molecule has 0 aromatic carbocycles. The van der Waals surface area contributed by atoms with Crippen LogP contribution in [0, 0.1) is 27.7 Å². The molecule has 6 heterocycles. The van der Waals surface area contributed by atoms with Gasteiger partial charge in [-0.05, 0) is 57.6 Å². The predicted molar refractivity (Wildman–Crippen MR) is 177 cm³/mol. The second-order valence-electron chi connectivity index (χ2n) is 11.4. The number of hydrogen-bond donors (Lipinski definition) is 3. The number of aromatic nitrogens is 4. The first kappa shape index (κ1) is 32.9. The number of nitrogens with zero attached hydrogens (tertiary/aromatic N) is 4. The average Bonchev–Trinajstić information content (AvgIpc) is 3.49. The van der Waals surface area contributed by atoms with E-state index < -0.39 is 11.9 Å². The molecule has 232 valence electrons. The molecule has 0 spiro atoms. The number of carbonyl (C=O) groups is 2. The molecule has 8 bridgehead atoms. The van der Waals surface area contributed by atoms with Crippen LogP contribution in [-0.4, -0.2) is 27.9 Å². The normalized spacial score (nSPS) is 18.3. The number of carboxylic acid groups (broad SMARTS) is 2. The minimum Gasteiger partial charge on any atom is -0.657 e. The molecule has 0 atom stereocenters. The molecular weight excluding hydrogens is 648 g/mol. The third-order valence-electron chi connectivity index (χ3n) is 8.52. The van der Waals surface area contributed by atoms with Crippen molar-refractivity contribution in [2.45, 2.75) is 60.3 Å². The van der Waals surface area contributed by atoms with E-state index in [1.807, 2.05) is 45.9 Å². The van der Waals surface area contributed by atoms with Gasteiger partial charge in [-0.3, -0.25) is 9.59 Å². The summed E-state index contributed by atoms with van der Waals surface area (Å²) >= 11 is 6.03. The minimum atomic E-state index is -0.891. The fraction of sp³-hybridized carbons (Fsp3) is 0.294. The summed E-state index contributed by atoms with van der Waals surface area (Å²) in [4.78, 5) is 45.4. The van der Waals surface area contributed by atoms with Gasteiger partial charge in [0, 0.05) is 29.8 Å². The van der Waals surface area contributed by atoms with Crippen molar-refractivity contribution in [3.63, 3.8) is 0 Å². The Morgan fingerprint density at radius 2 is 1.24 bits per heavy atom. The molecule has 6 rings (SSSR count). The van der Waals surface area contributed by atoms with Crippen LogP contribution in [0.4, 0.5) is 0 Å². The van der Waals surface area contributed by atoms with Gasteiger partial charge in [0.2, 0.25) is 0 Å². The van der Waals surface area contributed by atoms with Crippen LogP contribution >= 0.6 is 12.6 Å². The first-order valence-corrected chi connectivity index (χ1v) is 16.0. The van der Waals surface area contributed by atoms with E-state index in [4.69, 9.17) is 32.6 Å². The van der Waals surface area contributed by atoms with Crippen LogP contribution in [0.5, 0.6) is 0 Å². The molecule has 2 aliphatic rings. The van der Waals surface area contributed by atoms with Crippen molar-refractivity contribution in [1.82, 2.24) is 19.9 Å². The molecule has 0 saturated carbocycles. The summed E-state index contributed by atoms with van der Waals surface area (Å²) in [6, 6.07) is 0. The van der Waals surface area contributed by atoms with Crippen molar-refractivity contribution in [1.29, 1.82) is 0 Å². The van der Waals surface area contributed by atoms with E-state index in [0.29, 0.717) is 29.6 Å². The van der Waals surface area contributed by atoms with Crippen LogP contribution in [0.25, 0.3) is 34.1 Å². The minimum absolute atomic E-state index is 0. The van der Waals surface area contributed by atoms with E-state index in [2.05, 4.69) is 13.0 Å². The van der Waals surface area contributed by atoms with Gasteiger partial charge in [-0.25, -0.2) is 0 Å². The molecule has 0 aliphatic carbocycles. The largest absolute Gasteiger partial charge is 4.00 e. The SMILES string of the molecule is C/C(S)=c1/c(C)c2[n-]/c1=C\c1[n-]c(c(CCC(=O)O)c1C)/C=c1\[n-]/c(c(C)c1CCC(=O)O)=C\c1[n-]c(/c(=C3/C[SH+]3)c1C)=C\2.[Fe+4]. The van der Waals surface area contributed by atoms with E-state index in [-0.39, 0.29) is 29.9 Å². The predicted octanol–water partition coefficient (Wildman–Crippen LogP) is -0.596. The molecule has 0 amide bonds. The van der Waals surface area contributed by atoms with E-state index in [1.165, 1.54) is 16.7 Å². The van der Waals surface area contributed by atoms with Gasteiger partial charge >= 0.3 is 29.0 Å². The Morgan fingerprint density at radius 1 is 0.711 bits per heavy atom. The monoisotopic (exact) mass is 681 g/mol. The molecular formula is C34H33FeN4O4S2+. The van der Waals surface area contributed by atoms with Crippen LogP contribution in [0.2, 0.25) is 0 Å². The molecule has 2 N–H and O–H groups in total. The summed E-state index contributed by atoms with van der Waals surface area (Å²) in [7, 11) is 0. The third-order valence-corrected chi connectivity index (χ3v) is 9.60. The summed E-state index contributed by atoms with van der Waals surface area (Å²) in [5.74, 6) is -0.753. The zero-order valence-corrected chi connectivity index (χ0v) is 28.5. The number of rotatable bonds is 6. The standard InChI is InChI=1S/C34H32N4O4S2.Fe/c1-15-20(6-8-31(39)40)26-13-27-21(7-9-32(41)42)16(2)23(36-27)11-28-33(19(5)43)17(3)25(37-28)12-29-34(30-14-44-30)18(4)24(38-29)10-22(15)35-26;/h10-13,43H,6-9,14H2,1-5H3,(H,39,40)(H,41,42);/q-4;+4/p+1/b22-10-,26-13-,28-11-,29-12-,33-19+,34-30-;. The molecule has 11 heteroatoms. The zero-order valence-electron chi connectivity index (χ0n) is 25.6. The maximum absolute atomic E-state index is 11.6. The van der Waals surface area contributed by atoms with Crippen molar-refractivity contribution < 1.29 is 36.9 Å². The molecule has 0 radical (unpaired) electrons. The fourth-order valence-electron chi connectivity index (χ4n) is 6.08. The van der Waals surface area contributed by atoms with Gasteiger partial charge in [0.15, 0.2) is 10.7 Å². The van der Waals surface area contributed by atoms with E-state index in [9.17, 15) is 19.8 Å². The summed E-state index contributed by atoms with van der Waals surface area (Å²) in [6.07, 6.45) is 8.39. The van der Waals surface area contributed by atoms with Crippen molar-refractivity contribution in [3.8, 4) is 0 Å². The van der Waals surface area contributed by atoms with Gasteiger partial charge in [-0.15, -0.1) is 56.8 Å². The Balaban J connectivity index is 0.00000400. The second kappa shape index (κ2) is 12.7. The first-order valence-electron chi connectivity index (χ1n) is 14.5. The van der Waals surface area contributed by atoms with Crippen molar-refractivity contribution >= 4 is 70.4 Å².